The molecule has 0 aromatic heterocycles. The molecule has 3 rings (SSSR count). The second-order valence-corrected chi connectivity index (χ2v) is 6.12. The lowest BCUT2D eigenvalue weighted by Gasteiger charge is -2.23. The maximum absolute atomic E-state index is 12.1. The Balaban J connectivity index is 1.63. The van der Waals surface area contributed by atoms with Gasteiger partial charge in [0.2, 0.25) is 0 Å². The van der Waals surface area contributed by atoms with Crippen molar-refractivity contribution in [1.29, 1.82) is 0 Å². The molecule has 4 nitrogen and oxygen atoms in total. The number of hydrogen-bond acceptors (Lipinski definition) is 3. The number of rotatable bonds is 5. The average Bonchev–Trinajstić information content (AvgIpc) is 2.60. The number of aliphatic hydroxyl groups excluding tert-OH is 1. The Kier molecular flexibility index (Phi) is 5.16. The van der Waals surface area contributed by atoms with Gasteiger partial charge in [0.1, 0.15) is 5.75 Å². The van der Waals surface area contributed by atoms with Crippen LogP contribution in [0.5, 0.6) is 5.75 Å². The molecule has 0 fully saturated rings. The van der Waals surface area contributed by atoms with E-state index in [-0.39, 0.29) is 12.5 Å². The molecule has 24 heavy (non-hydrogen) atoms. The number of carbonyl (C=O) groups excluding carboxylic acids is 1. The van der Waals surface area contributed by atoms with Crippen LogP contribution in [0.25, 0.3) is 0 Å². The highest BCUT2D eigenvalue weighted by atomic mass is 16.5. The van der Waals surface area contributed by atoms with Crippen molar-refractivity contribution in [2.45, 2.75) is 38.7 Å². The monoisotopic (exact) mass is 325 g/mol. The number of aliphatic hydroxyl groups is 1. The number of benzene rings is 2. The number of carbonyl (C=O) groups is 1. The normalized spacial score (nSPS) is 16.3. The number of aryl methyl sites for hydroxylation is 1. The molecule has 1 atom stereocenters. The summed E-state index contributed by atoms with van der Waals surface area (Å²) in [5.74, 6) is 0.515. The van der Waals surface area contributed by atoms with E-state index in [1.54, 1.807) is 0 Å². The quantitative estimate of drug-likeness (QED) is 0.882. The molecule has 1 aliphatic rings. The first-order chi connectivity index (χ1) is 11.7. The fraction of sp³-hybridized carbons (Fsp3) is 0.350. The third-order valence-electron chi connectivity index (χ3n) is 4.41. The Hall–Kier alpha value is -2.33. The molecule has 0 bridgehead atoms. The summed E-state index contributed by atoms with van der Waals surface area (Å²) in [6.45, 7) is 2.04. The van der Waals surface area contributed by atoms with Crippen LogP contribution in [0.3, 0.4) is 0 Å². The van der Waals surface area contributed by atoms with Gasteiger partial charge in [-0.05, 0) is 60.6 Å². The maximum Gasteiger partial charge on any atom is 0.262 e. The third kappa shape index (κ3) is 3.77. The average molecular weight is 325 g/mol. The summed E-state index contributed by atoms with van der Waals surface area (Å²) in [5.41, 5.74) is 3.92. The van der Waals surface area contributed by atoms with Crippen LogP contribution >= 0.6 is 0 Å². The summed E-state index contributed by atoms with van der Waals surface area (Å²) in [5, 5.41) is 12.9. The topological polar surface area (TPSA) is 58.6 Å². The fourth-order valence-electron chi connectivity index (χ4n) is 3.13. The summed E-state index contributed by atoms with van der Waals surface area (Å²) < 4.78 is 5.72. The highest BCUT2D eigenvalue weighted by Crippen LogP contribution is 2.35. The molecule has 0 saturated heterocycles. The van der Waals surface area contributed by atoms with Gasteiger partial charge in [0.25, 0.3) is 5.91 Å². The lowest BCUT2D eigenvalue weighted by Crippen LogP contribution is -2.21. The van der Waals surface area contributed by atoms with Crippen LogP contribution in [0.4, 0.5) is 5.69 Å². The molecule has 126 valence electrons. The van der Waals surface area contributed by atoms with Crippen molar-refractivity contribution in [3.8, 4) is 5.75 Å². The van der Waals surface area contributed by atoms with Crippen LogP contribution in [0.15, 0.2) is 42.5 Å². The van der Waals surface area contributed by atoms with E-state index in [2.05, 4.69) is 12.2 Å². The predicted octanol–water partition coefficient (Wildman–Crippen LogP) is 3.64. The zero-order valence-corrected chi connectivity index (χ0v) is 13.9. The van der Waals surface area contributed by atoms with Crippen LogP contribution in [-0.2, 0) is 17.6 Å². The van der Waals surface area contributed by atoms with Gasteiger partial charge in [0.15, 0.2) is 6.61 Å². The molecule has 0 radical (unpaired) electrons. The SMILES string of the molecule is CCc1cccc(NC(=O)COc2cccc3c2CCC[C@H]3O)c1. The summed E-state index contributed by atoms with van der Waals surface area (Å²) in [6, 6.07) is 13.5. The van der Waals surface area contributed by atoms with Crippen molar-refractivity contribution in [3.63, 3.8) is 0 Å². The fourth-order valence-corrected chi connectivity index (χ4v) is 3.13. The van der Waals surface area contributed by atoms with Crippen molar-refractivity contribution < 1.29 is 14.6 Å². The van der Waals surface area contributed by atoms with E-state index in [0.29, 0.717) is 5.75 Å². The number of ether oxygens (including phenoxy) is 1. The van der Waals surface area contributed by atoms with E-state index in [1.807, 2.05) is 42.5 Å². The molecule has 0 spiro atoms. The second-order valence-electron chi connectivity index (χ2n) is 6.12. The summed E-state index contributed by atoms with van der Waals surface area (Å²) in [6.07, 6.45) is 3.10. The molecule has 2 N–H and O–H groups in total. The van der Waals surface area contributed by atoms with Crippen LogP contribution in [-0.4, -0.2) is 17.6 Å². The zero-order valence-electron chi connectivity index (χ0n) is 13.9. The number of anilines is 1. The van der Waals surface area contributed by atoms with E-state index in [9.17, 15) is 9.90 Å². The predicted molar refractivity (Wildman–Crippen MR) is 94.3 cm³/mol. The Morgan fingerprint density at radius 1 is 1.29 bits per heavy atom. The van der Waals surface area contributed by atoms with Crippen molar-refractivity contribution in [3.05, 3.63) is 59.2 Å². The Bertz CT molecular complexity index is 727. The van der Waals surface area contributed by atoms with E-state index in [1.165, 1.54) is 5.56 Å². The van der Waals surface area contributed by atoms with Gasteiger partial charge >= 0.3 is 0 Å². The smallest absolute Gasteiger partial charge is 0.262 e. The van der Waals surface area contributed by atoms with Crippen LogP contribution < -0.4 is 10.1 Å². The van der Waals surface area contributed by atoms with Crippen molar-refractivity contribution >= 4 is 11.6 Å². The molecule has 0 unspecified atom stereocenters. The van der Waals surface area contributed by atoms with Gasteiger partial charge in [-0.3, -0.25) is 4.79 Å². The van der Waals surface area contributed by atoms with Gasteiger partial charge < -0.3 is 15.2 Å². The molecular formula is C20H23NO3. The van der Waals surface area contributed by atoms with Crippen molar-refractivity contribution in [2.24, 2.45) is 0 Å². The number of fused-ring (bicyclic) bond motifs is 1. The lowest BCUT2D eigenvalue weighted by molar-refractivity contribution is -0.118. The first-order valence-corrected chi connectivity index (χ1v) is 8.49. The van der Waals surface area contributed by atoms with Crippen molar-refractivity contribution in [2.75, 3.05) is 11.9 Å². The molecule has 1 aliphatic carbocycles. The summed E-state index contributed by atoms with van der Waals surface area (Å²) in [7, 11) is 0. The van der Waals surface area contributed by atoms with E-state index < -0.39 is 6.10 Å². The summed E-state index contributed by atoms with van der Waals surface area (Å²) in [4.78, 5) is 12.1. The molecule has 4 heteroatoms. The maximum atomic E-state index is 12.1. The Morgan fingerprint density at radius 2 is 2.12 bits per heavy atom. The van der Waals surface area contributed by atoms with Gasteiger partial charge in [0, 0.05) is 5.69 Å². The van der Waals surface area contributed by atoms with Gasteiger partial charge in [-0.1, -0.05) is 31.2 Å². The summed E-state index contributed by atoms with van der Waals surface area (Å²) >= 11 is 0. The number of hydrogen-bond donors (Lipinski definition) is 2. The van der Waals surface area contributed by atoms with Gasteiger partial charge in [0.05, 0.1) is 6.10 Å². The van der Waals surface area contributed by atoms with E-state index in [0.717, 1.165) is 42.5 Å². The molecule has 0 saturated carbocycles. The Labute approximate surface area is 142 Å². The second kappa shape index (κ2) is 7.49. The zero-order chi connectivity index (χ0) is 16.9. The third-order valence-corrected chi connectivity index (χ3v) is 4.41. The number of nitrogens with one attached hydrogen (secondary N) is 1. The Morgan fingerprint density at radius 3 is 2.96 bits per heavy atom. The highest BCUT2D eigenvalue weighted by molar-refractivity contribution is 5.91. The molecule has 1 amide bonds. The molecule has 2 aromatic carbocycles. The lowest BCUT2D eigenvalue weighted by atomic mass is 9.89. The van der Waals surface area contributed by atoms with Crippen LogP contribution in [0, 0.1) is 0 Å². The molecule has 2 aromatic rings. The van der Waals surface area contributed by atoms with Gasteiger partial charge in [-0.25, -0.2) is 0 Å². The minimum absolute atomic E-state index is 0.0388. The molecule has 0 aliphatic heterocycles. The van der Waals surface area contributed by atoms with E-state index >= 15 is 0 Å². The van der Waals surface area contributed by atoms with Crippen LogP contribution in [0.1, 0.15) is 42.6 Å². The van der Waals surface area contributed by atoms with Gasteiger partial charge in [-0.15, -0.1) is 0 Å². The first-order valence-electron chi connectivity index (χ1n) is 8.49. The minimum Gasteiger partial charge on any atom is -0.483 e. The number of amides is 1. The largest absolute Gasteiger partial charge is 0.483 e. The standard InChI is InChI=1S/C20H23NO3/c1-2-14-6-3-7-15(12-14)21-20(23)13-24-19-11-5-8-16-17(19)9-4-10-18(16)22/h3,5-8,11-12,18,22H,2,4,9-10,13H2,1H3,(H,21,23)/t18-/m1/s1. The van der Waals surface area contributed by atoms with E-state index in [4.69, 9.17) is 4.74 Å². The first kappa shape index (κ1) is 16.5. The van der Waals surface area contributed by atoms with Crippen LogP contribution in [0.2, 0.25) is 0 Å². The molecule has 0 heterocycles. The molecular weight excluding hydrogens is 302 g/mol. The van der Waals surface area contributed by atoms with Crippen molar-refractivity contribution in [1.82, 2.24) is 0 Å². The minimum atomic E-state index is -0.428. The highest BCUT2D eigenvalue weighted by Gasteiger charge is 2.21. The van der Waals surface area contributed by atoms with Gasteiger partial charge in [-0.2, -0.15) is 0 Å².